The smallest absolute Gasteiger partial charge is 0.228 e. The van der Waals surface area contributed by atoms with Crippen molar-refractivity contribution in [3.63, 3.8) is 0 Å². The molecule has 2 N–H and O–H groups in total. The minimum Gasteiger partial charge on any atom is -0.508 e. The Kier molecular flexibility index (Phi) is 1.72. The first-order chi connectivity index (χ1) is 6.20. The molecule has 1 aliphatic rings. The highest BCUT2D eigenvalue weighted by Crippen LogP contribution is 2.31. The van der Waals surface area contributed by atoms with Gasteiger partial charge in [-0.05, 0) is 29.7 Å². The molecule has 0 spiro atoms. The predicted molar refractivity (Wildman–Crippen MR) is 49.8 cm³/mol. The second-order valence-corrected chi connectivity index (χ2v) is 3.22. The van der Waals surface area contributed by atoms with Crippen molar-refractivity contribution in [2.24, 2.45) is 0 Å². The fourth-order valence-corrected chi connectivity index (χ4v) is 1.68. The number of phenolic OH excluding ortho intramolecular Hbond substituents is 1. The number of carbonyl (C=O) groups is 1. The number of nitrogens with one attached hydrogen (secondary N) is 1. The molecule has 0 radical (unpaired) electrons. The minimum absolute atomic E-state index is 0.00954. The zero-order valence-electron chi connectivity index (χ0n) is 7.42. The van der Waals surface area contributed by atoms with Crippen molar-refractivity contribution in [1.82, 2.24) is 0 Å². The molecule has 68 valence electrons. The van der Waals surface area contributed by atoms with Crippen LogP contribution in [0.3, 0.4) is 0 Å². The average molecular weight is 177 g/mol. The highest BCUT2D eigenvalue weighted by molar-refractivity contribution is 6.00. The summed E-state index contributed by atoms with van der Waals surface area (Å²) in [5.41, 5.74) is 2.80. The molecule has 1 aromatic carbocycles. The quantitative estimate of drug-likeness (QED) is 0.638. The molecule has 1 aliphatic heterocycles. The van der Waals surface area contributed by atoms with E-state index in [1.807, 2.05) is 6.92 Å². The molecule has 3 heteroatoms. The van der Waals surface area contributed by atoms with Gasteiger partial charge in [0.15, 0.2) is 0 Å². The first-order valence-corrected chi connectivity index (χ1v) is 4.35. The number of amides is 1. The molecule has 0 saturated heterocycles. The van der Waals surface area contributed by atoms with Crippen LogP contribution in [-0.4, -0.2) is 11.0 Å². The molecule has 1 amide bonds. The van der Waals surface area contributed by atoms with E-state index in [1.54, 1.807) is 12.1 Å². The minimum atomic E-state index is 0.00954. The molecular weight excluding hydrogens is 166 g/mol. The van der Waals surface area contributed by atoms with Crippen molar-refractivity contribution in [1.29, 1.82) is 0 Å². The summed E-state index contributed by atoms with van der Waals surface area (Å²) in [4.78, 5) is 11.1. The van der Waals surface area contributed by atoms with E-state index >= 15 is 0 Å². The van der Waals surface area contributed by atoms with Crippen molar-refractivity contribution in [2.45, 2.75) is 19.8 Å². The van der Waals surface area contributed by atoms with E-state index in [1.165, 1.54) is 0 Å². The third-order valence-corrected chi connectivity index (χ3v) is 2.28. The monoisotopic (exact) mass is 177 g/mol. The Hall–Kier alpha value is -1.51. The number of rotatable bonds is 1. The van der Waals surface area contributed by atoms with E-state index < -0.39 is 0 Å². The molecule has 13 heavy (non-hydrogen) atoms. The normalized spacial score (nSPS) is 14.1. The Morgan fingerprint density at radius 3 is 3.00 bits per heavy atom. The molecule has 0 aliphatic carbocycles. The Morgan fingerprint density at radius 1 is 1.54 bits per heavy atom. The number of hydrogen-bond donors (Lipinski definition) is 2. The summed E-state index contributed by atoms with van der Waals surface area (Å²) in [6.45, 7) is 2.00. The zero-order valence-corrected chi connectivity index (χ0v) is 7.42. The summed E-state index contributed by atoms with van der Waals surface area (Å²) >= 11 is 0. The molecule has 2 rings (SSSR count). The van der Waals surface area contributed by atoms with E-state index in [2.05, 4.69) is 5.32 Å². The Bertz CT molecular complexity index is 371. The summed E-state index contributed by atoms with van der Waals surface area (Å²) < 4.78 is 0. The second kappa shape index (κ2) is 2.76. The van der Waals surface area contributed by atoms with Gasteiger partial charge in [0.25, 0.3) is 0 Å². The number of aromatic hydroxyl groups is 1. The van der Waals surface area contributed by atoms with Crippen LogP contribution in [0.1, 0.15) is 18.1 Å². The lowest BCUT2D eigenvalue weighted by Crippen LogP contribution is -2.04. The number of hydrogen-bond acceptors (Lipinski definition) is 2. The Morgan fingerprint density at radius 2 is 2.31 bits per heavy atom. The largest absolute Gasteiger partial charge is 0.508 e. The van der Waals surface area contributed by atoms with Crippen molar-refractivity contribution in [3.8, 4) is 5.75 Å². The van der Waals surface area contributed by atoms with Crippen LogP contribution in [0, 0.1) is 0 Å². The molecule has 3 nitrogen and oxygen atoms in total. The maximum atomic E-state index is 11.1. The summed E-state index contributed by atoms with van der Waals surface area (Å²) in [7, 11) is 0. The zero-order chi connectivity index (χ0) is 9.42. The van der Waals surface area contributed by atoms with Crippen molar-refractivity contribution in [3.05, 3.63) is 23.3 Å². The van der Waals surface area contributed by atoms with Gasteiger partial charge in [0, 0.05) is 5.69 Å². The molecular formula is C10H11NO2. The lowest BCUT2D eigenvalue weighted by molar-refractivity contribution is -0.115. The van der Waals surface area contributed by atoms with Crippen LogP contribution in [0.15, 0.2) is 12.1 Å². The third-order valence-electron chi connectivity index (χ3n) is 2.28. The summed E-state index contributed by atoms with van der Waals surface area (Å²) in [6, 6.07) is 3.34. The van der Waals surface area contributed by atoms with Crippen LogP contribution >= 0.6 is 0 Å². The van der Waals surface area contributed by atoms with Gasteiger partial charge in [-0.15, -0.1) is 0 Å². The van der Waals surface area contributed by atoms with Gasteiger partial charge >= 0.3 is 0 Å². The Balaban J connectivity index is 2.56. The van der Waals surface area contributed by atoms with E-state index in [9.17, 15) is 9.90 Å². The van der Waals surface area contributed by atoms with Crippen LogP contribution in [0.25, 0.3) is 0 Å². The number of aryl methyl sites for hydroxylation is 1. The lowest BCUT2D eigenvalue weighted by atomic mass is 10.1. The van der Waals surface area contributed by atoms with Crippen LogP contribution in [0.2, 0.25) is 0 Å². The van der Waals surface area contributed by atoms with Gasteiger partial charge < -0.3 is 10.4 Å². The fourth-order valence-electron chi connectivity index (χ4n) is 1.68. The van der Waals surface area contributed by atoms with Gasteiger partial charge in [0.1, 0.15) is 5.75 Å². The highest BCUT2D eigenvalue weighted by atomic mass is 16.3. The molecule has 0 atom stereocenters. The molecule has 0 unspecified atom stereocenters. The van der Waals surface area contributed by atoms with Crippen molar-refractivity contribution >= 4 is 11.6 Å². The van der Waals surface area contributed by atoms with Gasteiger partial charge in [-0.25, -0.2) is 0 Å². The standard InChI is InChI=1S/C10H11NO2/c1-2-6-3-8(12)4-7-5-9(13)11-10(6)7/h3-4,12H,2,5H2,1H3,(H,11,13). The van der Waals surface area contributed by atoms with Gasteiger partial charge in [0.05, 0.1) is 6.42 Å². The van der Waals surface area contributed by atoms with E-state index in [0.717, 1.165) is 23.2 Å². The van der Waals surface area contributed by atoms with Crippen molar-refractivity contribution in [2.75, 3.05) is 5.32 Å². The Labute approximate surface area is 76.4 Å². The molecule has 0 saturated carbocycles. The predicted octanol–water partition coefficient (Wildman–Crippen LogP) is 1.45. The number of benzene rings is 1. The number of anilines is 1. The van der Waals surface area contributed by atoms with Gasteiger partial charge in [0.2, 0.25) is 5.91 Å². The van der Waals surface area contributed by atoms with Gasteiger partial charge in [-0.1, -0.05) is 6.92 Å². The van der Waals surface area contributed by atoms with Gasteiger partial charge in [-0.2, -0.15) is 0 Å². The maximum absolute atomic E-state index is 11.1. The SMILES string of the molecule is CCc1cc(O)cc2c1NC(=O)C2. The number of fused-ring (bicyclic) bond motifs is 1. The van der Waals surface area contributed by atoms with E-state index in [-0.39, 0.29) is 11.7 Å². The topological polar surface area (TPSA) is 49.3 Å². The van der Waals surface area contributed by atoms with Gasteiger partial charge in [-0.3, -0.25) is 4.79 Å². The van der Waals surface area contributed by atoms with E-state index in [0.29, 0.717) is 6.42 Å². The summed E-state index contributed by atoms with van der Waals surface area (Å²) in [5.74, 6) is 0.252. The second-order valence-electron chi connectivity index (χ2n) is 3.22. The average Bonchev–Trinajstić information content (AvgIpc) is 2.43. The van der Waals surface area contributed by atoms with Crippen LogP contribution in [0.4, 0.5) is 5.69 Å². The summed E-state index contributed by atoms with van der Waals surface area (Å²) in [5, 5.41) is 12.1. The van der Waals surface area contributed by atoms with E-state index in [4.69, 9.17) is 0 Å². The lowest BCUT2D eigenvalue weighted by Gasteiger charge is -2.06. The van der Waals surface area contributed by atoms with Crippen LogP contribution in [0.5, 0.6) is 5.75 Å². The molecule has 0 aromatic heterocycles. The fraction of sp³-hybridized carbons (Fsp3) is 0.300. The molecule has 0 bridgehead atoms. The van der Waals surface area contributed by atoms with Crippen molar-refractivity contribution < 1.29 is 9.90 Å². The summed E-state index contributed by atoms with van der Waals surface area (Å²) in [6.07, 6.45) is 1.20. The van der Waals surface area contributed by atoms with Crippen LogP contribution in [-0.2, 0) is 17.6 Å². The number of carbonyl (C=O) groups excluding carboxylic acids is 1. The molecule has 0 fully saturated rings. The maximum Gasteiger partial charge on any atom is 0.228 e. The first kappa shape index (κ1) is 8.10. The highest BCUT2D eigenvalue weighted by Gasteiger charge is 2.20. The third kappa shape index (κ3) is 1.26. The number of phenols is 1. The van der Waals surface area contributed by atoms with Crippen LogP contribution < -0.4 is 5.32 Å². The first-order valence-electron chi connectivity index (χ1n) is 4.35. The molecule has 1 aromatic rings. The molecule has 1 heterocycles.